The third kappa shape index (κ3) is 2.41. The first kappa shape index (κ1) is 7.78. The normalized spacial score (nSPS) is 9.55. The number of amides is 1. The minimum absolute atomic E-state index is 0.0544. The van der Waals surface area contributed by atoms with Crippen LogP contribution in [0.5, 0.6) is 0 Å². The minimum Gasteiger partial charge on any atom is -0.338 e. The van der Waals surface area contributed by atoms with E-state index in [1.165, 1.54) is 0 Å². The molecule has 0 radical (unpaired) electrons. The molecule has 60 valence electrons. The van der Waals surface area contributed by atoms with Crippen molar-refractivity contribution in [1.29, 1.82) is 0 Å². The number of nitrogens with zero attached hydrogens (tertiary/aromatic N) is 2. The number of carbonyl (C=O) groups excluding carboxylic acids is 1. The molecule has 1 amide bonds. The highest BCUT2D eigenvalue weighted by Crippen LogP contribution is 1.83. The van der Waals surface area contributed by atoms with E-state index >= 15 is 0 Å². The number of aromatic nitrogens is 2. The highest BCUT2D eigenvalue weighted by Gasteiger charge is 1.94. The molecule has 1 heterocycles. The molecule has 0 saturated heterocycles. The van der Waals surface area contributed by atoms with Crippen LogP contribution in [0.25, 0.3) is 0 Å². The van der Waals surface area contributed by atoms with Crippen LogP contribution in [0.2, 0.25) is 0 Å². The highest BCUT2D eigenvalue weighted by atomic mass is 16.1. The first-order valence-corrected chi connectivity index (χ1v) is 3.55. The summed E-state index contributed by atoms with van der Waals surface area (Å²) < 4.78 is 1.80. The Morgan fingerprint density at radius 1 is 1.73 bits per heavy atom. The molecule has 0 aromatic carbocycles. The fraction of sp³-hybridized carbons (Fsp3) is 0.429. The second-order valence-electron chi connectivity index (χ2n) is 2.19. The van der Waals surface area contributed by atoms with Crippen molar-refractivity contribution in [2.24, 2.45) is 0 Å². The van der Waals surface area contributed by atoms with Crippen LogP contribution in [0.3, 0.4) is 0 Å². The second kappa shape index (κ2) is 3.75. The van der Waals surface area contributed by atoms with Gasteiger partial charge in [0.1, 0.15) is 0 Å². The summed E-state index contributed by atoms with van der Waals surface area (Å²) in [6, 6.07) is 0. The van der Waals surface area contributed by atoms with Crippen molar-refractivity contribution in [2.75, 3.05) is 0 Å². The van der Waals surface area contributed by atoms with Crippen molar-refractivity contribution in [3.05, 3.63) is 18.7 Å². The lowest BCUT2D eigenvalue weighted by Gasteiger charge is -2.02. The van der Waals surface area contributed by atoms with Crippen molar-refractivity contribution in [3.63, 3.8) is 0 Å². The highest BCUT2D eigenvalue weighted by molar-refractivity contribution is 5.75. The molecule has 0 aliphatic rings. The van der Waals surface area contributed by atoms with E-state index in [9.17, 15) is 4.79 Å². The Bertz CT molecular complexity index is 218. The predicted molar refractivity (Wildman–Crippen MR) is 40.7 cm³/mol. The summed E-state index contributed by atoms with van der Waals surface area (Å²) in [6.07, 6.45) is 5.67. The van der Waals surface area contributed by atoms with Crippen molar-refractivity contribution < 1.29 is 4.79 Å². The van der Waals surface area contributed by atoms with Crippen molar-refractivity contribution in [2.45, 2.75) is 20.0 Å². The molecule has 1 rings (SSSR count). The SMILES string of the molecule is CCC(=O)NCn1ccnc1. The van der Waals surface area contributed by atoms with Gasteiger partial charge in [0.05, 0.1) is 13.0 Å². The van der Waals surface area contributed by atoms with Gasteiger partial charge in [0.15, 0.2) is 0 Å². The lowest BCUT2D eigenvalue weighted by atomic mass is 10.5. The molecule has 4 heteroatoms. The zero-order chi connectivity index (χ0) is 8.10. The average Bonchev–Trinajstić information content (AvgIpc) is 2.52. The maximum Gasteiger partial charge on any atom is 0.221 e. The molecule has 0 saturated carbocycles. The molecule has 0 unspecified atom stereocenters. The summed E-state index contributed by atoms with van der Waals surface area (Å²) in [5.74, 6) is 0.0544. The molecule has 1 aromatic heterocycles. The van der Waals surface area contributed by atoms with Gasteiger partial charge >= 0.3 is 0 Å². The van der Waals surface area contributed by atoms with E-state index in [1.54, 1.807) is 23.3 Å². The number of hydrogen-bond donors (Lipinski definition) is 1. The first-order valence-electron chi connectivity index (χ1n) is 3.55. The van der Waals surface area contributed by atoms with Gasteiger partial charge in [0.2, 0.25) is 5.91 Å². The Kier molecular flexibility index (Phi) is 2.66. The summed E-state index contributed by atoms with van der Waals surface area (Å²) in [7, 11) is 0. The average molecular weight is 153 g/mol. The Morgan fingerprint density at radius 3 is 3.09 bits per heavy atom. The van der Waals surface area contributed by atoms with Crippen LogP contribution >= 0.6 is 0 Å². The summed E-state index contributed by atoms with van der Waals surface area (Å²) in [5, 5.41) is 2.72. The van der Waals surface area contributed by atoms with Gasteiger partial charge < -0.3 is 9.88 Å². The topological polar surface area (TPSA) is 46.9 Å². The molecule has 4 nitrogen and oxygen atoms in total. The predicted octanol–water partition coefficient (Wildman–Crippen LogP) is 0.367. The Morgan fingerprint density at radius 2 is 2.55 bits per heavy atom. The molecule has 0 atom stereocenters. The van der Waals surface area contributed by atoms with Crippen LogP contribution in [-0.4, -0.2) is 15.5 Å². The van der Waals surface area contributed by atoms with Gasteiger partial charge in [-0.15, -0.1) is 0 Å². The van der Waals surface area contributed by atoms with Crippen LogP contribution < -0.4 is 5.32 Å². The quantitative estimate of drug-likeness (QED) is 0.681. The third-order valence-electron chi connectivity index (χ3n) is 1.34. The number of nitrogens with one attached hydrogen (secondary N) is 1. The molecular weight excluding hydrogens is 142 g/mol. The molecule has 1 N–H and O–H groups in total. The van der Waals surface area contributed by atoms with Gasteiger partial charge in [0, 0.05) is 18.8 Å². The van der Waals surface area contributed by atoms with E-state index in [-0.39, 0.29) is 5.91 Å². The Labute approximate surface area is 65.2 Å². The number of carbonyl (C=O) groups is 1. The van der Waals surface area contributed by atoms with Gasteiger partial charge in [-0.25, -0.2) is 4.98 Å². The smallest absolute Gasteiger partial charge is 0.221 e. The van der Waals surface area contributed by atoms with Crippen LogP contribution in [0, 0.1) is 0 Å². The van der Waals surface area contributed by atoms with Gasteiger partial charge in [-0.1, -0.05) is 6.92 Å². The first-order chi connectivity index (χ1) is 5.33. The Balaban J connectivity index is 2.29. The van der Waals surface area contributed by atoms with E-state index in [4.69, 9.17) is 0 Å². The van der Waals surface area contributed by atoms with E-state index in [0.29, 0.717) is 13.1 Å². The fourth-order valence-electron chi connectivity index (χ4n) is 0.685. The number of rotatable bonds is 3. The van der Waals surface area contributed by atoms with Gasteiger partial charge in [-0.05, 0) is 0 Å². The van der Waals surface area contributed by atoms with Crippen LogP contribution in [-0.2, 0) is 11.5 Å². The van der Waals surface area contributed by atoms with E-state index < -0.39 is 0 Å². The standard InChI is InChI=1S/C7H11N3O/c1-2-7(11)9-6-10-4-3-8-5-10/h3-5H,2,6H2,1H3,(H,9,11). The van der Waals surface area contributed by atoms with Crippen molar-refractivity contribution in [3.8, 4) is 0 Å². The summed E-state index contributed by atoms with van der Waals surface area (Å²) in [6.45, 7) is 2.33. The van der Waals surface area contributed by atoms with Crippen LogP contribution in [0.4, 0.5) is 0 Å². The summed E-state index contributed by atoms with van der Waals surface area (Å²) >= 11 is 0. The minimum atomic E-state index is 0.0544. The molecule has 1 aromatic rings. The van der Waals surface area contributed by atoms with Crippen molar-refractivity contribution >= 4 is 5.91 Å². The molecule has 0 aliphatic carbocycles. The zero-order valence-electron chi connectivity index (χ0n) is 6.45. The maximum absolute atomic E-state index is 10.8. The molecule has 11 heavy (non-hydrogen) atoms. The lowest BCUT2D eigenvalue weighted by Crippen LogP contribution is -2.24. The van der Waals surface area contributed by atoms with Gasteiger partial charge in [-0.2, -0.15) is 0 Å². The summed E-state index contributed by atoms with van der Waals surface area (Å²) in [4.78, 5) is 14.6. The second-order valence-corrected chi connectivity index (χ2v) is 2.19. The van der Waals surface area contributed by atoms with Gasteiger partial charge in [-0.3, -0.25) is 4.79 Å². The molecule has 0 spiro atoms. The molecular formula is C7H11N3O. The maximum atomic E-state index is 10.8. The van der Waals surface area contributed by atoms with Crippen LogP contribution in [0.15, 0.2) is 18.7 Å². The fourth-order valence-corrected chi connectivity index (χ4v) is 0.685. The Hall–Kier alpha value is -1.32. The molecule has 0 bridgehead atoms. The molecule has 0 aliphatic heterocycles. The van der Waals surface area contributed by atoms with Crippen LogP contribution in [0.1, 0.15) is 13.3 Å². The number of imidazole rings is 1. The van der Waals surface area contributed by atoms with E-state index in [1.807, 2.05) is 6.92 Å². The summed E-state index contributed by atoms with van der Waals surface area (Å²) in [5.41, 5.74) is 0. The largest absolute Gasteiger partial charge is 0.338 e. The third-order valence-corrected chi connectivity index (χ3v) is 1.34. The van der Waals surface area contributed by atoms with E-state index in [2.05, 4.69) is 10.3 Å². The van der Waals surface area contributed by atoms with Crippen molar-refractivity contribution in [1.82, 2.24) is 14.9 Å². The van der Waals surface area contributed by atoms with E-state index in [0.717, 1.165) is 0 Å². The molecule has 0 fully saturated rings. The zero-order valence-corrected chi connectivity index (χ0v) is 6.45. The van der Waals surface area contributed by atoms with Gasteiger partial charge in [0.25, 0.3) is 0 Å². The monoisotopic (exact) mass is 153 g/mol. The number of hydrogen-bond acceptors (Lipinski definition) is 2. The lowest BCUT2D eigenvalue weighted by molar-refractivity contribution is -0.121.